The van der Waals surface area contributed by atoms with Gasteiger partial charge in [-0.1, -0.05) is 18.7 Å². The zero-order chi connectivity index (χ0) is 18.7. The van der Waals surface area contributed by atoms with Crippen molar-refractivity contribution in [2.75, 3.05) is 19.5 Å². The van der Waals surface area contributed by atoms with Crippen LogP contribution in [0.25, 0.3) is 10.2 Å². The first-order valence-corrected chi connectivity index (χ1v) is 10.8. The van der Waals surface area contributed by atoms with Crippen LogP contribution in [-0.2, 0) is 28.9 Å². The van der Waals surface area contributed by atoms with E-state index in [1.807, 2.05) is 13.8 Å². The van der Waals surface area contributed by atoms with Gasteiger partial charge in [0.25, 0.3) is 5.56 Å². The van der Waals surface area contributed by atoms with E-state index in [4.69, 9.17) is 9.72 Å². The van der Waals surface area contributed by atoms with Gasteiger partial charge in [0.05, 0.1) is 17.7 Å². The Hall–Kier alpha value is -1.38. The number of carbonyl (C=O) groups excluding carboxylic acids is 1. The maximum absolute atomic E-state index is 13.1. The van der Waals surface area contributed by atoms with E-state index in [1.54, 1.807) is 23.0 Å². The molecule has 2 aromatic rings. The molecule has 8 heteroatoms. The van der Waals surface area contributed by atoms with Crippen molar-refractivity contribution in [3.05, 3.63) is 20.8 Å². The van der Waals surface area contributed by atoms with Crippen LogP contribution in [0, 0.1) is 0 Å². The molecular formula is C18H25N3O3S2. The van der Waals surface area contributed by atoms with Crippen molar-refractivity contribution < 1.29 is 9.53 Å². The number of thiophene rings is 1. The van der Waals surface area contributed by atoms with Gasteiger partial charge in [-0.2, -0.15) is 0 Å². The highest BCUT2D eigenvalue weighted by molar-refractivity contribution is 7.99. The van der Waals surface area contributed by atoms with E-state index in [0.29, 0.717) is 18.3 Å². The van der Waals surface area contributed by atoms with Gasteiger partial charge in [0.2, 0.25) is 5.91 Å². The van der Waals surface area contributed by atoms with E-state index in [9.17, 15) is 9.59 Å². The van der Waals surface area contributed by atoms with E-state index in [0.717, 1.165) is 35.9 Å². The number of hydrogen-bond acceptors (Lipinski definition) is 6. The third-order valence-electron chi connectivity index (χ3n) is 4.39. The van der Waals surface area contributed by atoms with E-state index in [1.165, 1.54) is 22.2 Å². The number of nitrogens with one attached hydrogen (secondary N) is 1. The lowest BCUT2D eigenvalue weighted by atomic mass is 10.2. The molecule has 3 rings (SSSR count). The van der Waals surface area contributed by atoms with Crippen molar-refractivity contribution >= 4 is 39.2 Å². The minimum atomic E-state index is -0.0781. The molecule has 1 aliphatic carbocycles. The minimum Gasteiger partial charge on any atom is -0.383 e. The van der Waals surface area contributed by atoms with Gasteiger partial charge in [0.1, 0.15) is 4.83 Å². The van der Waals surface area contributed by atoms with Crippen LogP contribution in [0.1, 0.15) is 37.1 Å². The molecule has 0 unspecified atom stereocenters. The Kier molecular flexibility index (Phi) is 6.37. The lowest BCUT2D eigenvalue weighted by molar-refractivity contribution is -0.119. The number of carbonyl (C=O) groups is 1. The molecule has 0 aliphatic heterocycles. The first-order valence-electron chi connectivity index (χ1n) is 9.01. The average molecular weight is 396 g/mol. The van der Waals surface area contributed by atoms with Crippen molar-refractivity contribution in [2.45, 2.75) is 57.3 Å². The molecule has 0 radical (unpaired) electrons. The standard InChI is InChI=1S/C18H25N3O3S2/c1-4-8-21-17(23)15-12-6-5-7-13(12)26-16(15)20-18(21)25-10-14(22)19-11(2)9-24-3/h11H,4-10H2,1-3H3,(H,19,22)/t11-/m0/s1. The first-order chi connectivity index (χ1) is 12.5. The van der Waals surface area contributed by atoms with Gasteiger partial charge in [0.15, 0.2) is 5.16 Å². The number of fused-ring (bicyclic) bond motifs is 3. The Morgan fingerprint density at radius 3 is 3.00 bits per heavy atom. The quantitative estimate of drug-likeness (QED) is 0.549. The van der Waals surface area contributed by atoms with E-state index in [2.05, 4.69) is 5.32 Å². The van der Waals surface area contributed by atoms with E-state index >= 15 is 0 Å². The largest absolute Gasteiger partial charge is 0.383 e. The van der Waals surface area contributed by atoms with Crippen LogP contribution in [0.5, 0.6) is 0 Å². The minimum absolute atomic E-state index is 0.0401. The van der Waals surface area contributed by atoms with Gasteiger partial charge in [-0.3, -0.25) is 14.2 Å². The average Bonchev–Trinajstić information content (AvgIpc) is 3.16. The summed E-state index contributed by atoms with van der Waals surface area (Å²) in [5.41, 5.74) is 1.25. The number of methoxy groups -OCH3 is 1. The maximum Gasteiger partial charge on any atom is 0.263 e. The molecule has 142 valence electrons. The summed E-state index contributed by atoms with van der Waals surface area (Å²) in [6.45, 7) is 5.04. The Morgan fingerprint density at radius 2 is 2.27 bits per heavy atom. The molecule has 0 saturated heterocycles. The number of aryl methyl sites for hydroxylation is 2. The van der Waals surface area contributed by atoms with Crippen LogP contribution in [0.2, 0.25) is 0 Å². The third kappa shape index (κ3) is 3.97. The van der Waals surface area contributed by atoms with Crippen LogP contribution >= 0.6 is 23.1 Å². The fourth-order valence-corrected chi connectivity index (χ4v) is 5.47. The second-order valence-electron chi connectivity index (χ2n) is 6.60. The smallest absolute Gasteiger partial charge is 0.263 e. The predicted molar refractivity (Wildman–Crippen MR) is 106 cm³/mol. The van der Waals surface area contributed by atoms with Crippen LogP contribution in [0.3, 0.4) is 0 Å². The number of rotatable bonds is 8. The summed E-state index contributed by atoms with van der Waals surface area (Å²) in [7, 11) is 1.61. The number of amides is 1. The lowest BCUT2D eigenvalue weighted by Gasteiger charge is -2.14. The first kappa shape index (κ1) is 19.4. The molecule has 1 aliphatic rings. The van der Waals surface area contributed by atoms with Gasteiger partial charge in [-0.05, 0) is 38.2 Å². The van der Waals surface area contributed by atoms with Gasteiger partial charge in [0, 0.05) is 24.6 Å². The molecule has 1 atom stereocenters. The van der Waals surface area contributed by atoms with Gasteiger partial charge < -0.3 is 10.1 Å². The zero-order valence-corrected chi connectivity index (χ0v) is 17.1. The highest BCUT2D eigenvalue weighted by Gasteiger charge is 2.23. The second kappa shape index (κ2) is 8.54. The number of thioether (sulfide) groups is 1. The SMILES string of the molecule is CCCn1c(SCC(=O)N[C@@H](C)COC)nc2sc3c(c2c1=O)CCC3. The van der Waals surface area contributed by atoms with Gasteiger partial charge >= 0.3 is 0 Å². The van der Waals surface area contributed by atoms with Crippen LogP contribution < -0.4 is 10.9 Å². The lowest BCUT2D eigenvalue weighted by Crippen LogP contribution is -2.36. The number of ether oxygens (including phenoxy) is 1. The normalized spacial score (nSPS) is 14.6. The number of nitrogens with zero attached hydrogens (tertiary/aromatic N) is 2. The number of hydrogen-bond donors (Lipinski definition) is 1. The molecule has 0 aromatic carbocycles. The monoisotopic (exact) mass is 395 g/mol. The summed E-state index contributed by atoms with van der Waals surface area (Å²) in [6, 6.07) is -0.0401. The van der Waals surface area contributed by atoms with Crippen molar-refractivity contribution in [1.82, 2.24) is 14.9 Å². The molecule has 2 aromatic heterocycles. The molecule has 1 N–H and O–H groups in total. The Labute approximate surface area is 161 Å². The van der Waals surface area contributed by atoms with E-state index < -0.39 is 0 Å². The predicted octanol–water partition coefficient (Wildman–Crippen LogP) is 2.60. The Morgan fingerprint density at radius 1 is 1.46 bits per heavy atom. The highest BCUT2D eigenvalue weighted by atomic mass is 32.2. The third-order valence-corrected chi connectivity index (χ3v) is 6.56. The molecule has 0 bridgehead atoms. The van der Waals surface area contributed by atoms with E-state index in [-0.39, 0.29) is 23.3 Å². The summed E-state index contributed by atoms with van der Waals surface area (Å²) in [5.74, 6) is 0.159. The van der Waals surface area contributed by atoms with Crippen molar-refractivity contribution in [1.29, 1.82) is 0 Å². The summed E-state index contributed by atoms with van der Waals surface area (Å²) < 4.78 is 6.77. The fourth-order valence-electron chi connectivity index (χ4n) is 3.33. The zero-order valence-electron chi connectivity index (χ0n) is 15.5. The molecule has 26 heavy (non-hydrogen) atoms. The molecule has 0 spiro atoms. The van der Waals surface area contributed by atoms with Gasteiger partial charge in [-0.25, -0.2) is 4.98 Å². The maximum atomic E-state index is 13.1. The van der Waals surface area contributed by atoms with Crippen LogP contribution in [0.15, 0.2) is 9.95 Å². The molecule has 0 saturated carbocycles. The van der Waals surface area contributed by atoms with Crippen molar-refractivity contribution in [3.8, 4) is 0 Å². The van der Waals surface area contributed by atoms with Crippen LogP contribution in [-0.4, -0.2) is 41.0 Å². The van der Waals surface area contributed by atoms with Crippen molar-refractivity contribution in [2.24, 2.45) is 0 Å². The van der Waals surface area contributed by atoms with Crippen molar-refractivity contribution in [3.63, 3.8) is 0 Å². The summed E-state index contributed by atoms with van der Waals surface area (Å²) in [4.78, 5) is 32.1. The fraction of sp³-hybridized carbons (Fsp3) is 0.611. The summed E-state index contributed by atoms with van der Waals surface area (Å²) in [6.07, 6.45) is 4.00. The Balaban J connectivity index is 1.84. The molecular weight excluding hydrogens is 370 g/mol. The highest BCUT2D eigenvalue weighted by Crippen LogP contribution is 2.35. The van der Waals surface area contributed by atoms with Gasteiger partial charge in [-0.15, -0.1) is 11.3 Å². The topological polar surface area (TPSA) is 73.2 Å². The molecule has 0 fully saturated rings. The van der Waals surface area contributed by atoms with Crippen LogP contribution in [0.4, 0.5) is 0 Å². The summed E-state index contributed by atoms with van der Waals surface area (Å²) in [5, 5.41) is 4.33. The summed E-state index contributed by atoms with van der Waals surface area (Å²) >= 11 is 2.97. The molecule has 6 nitrogen and oxygen atoms in total. The molecule has 2 heterocycles. The number of aromatic nitrogens is 2. The molecule has 1 amide bonds. The Bertz CT molecular complexity index is 859. The second-order valence-corrected chi connectivity index (χ2v) is 8.63.